The Morgan fingerprint density at radius 1 is 1.25 bits per heavy atom. The molecule has 1 saturated heterocycles. The molecule has 0 spiro atoms. The first-order valence-electron chi connectivity index (χ1n) is 8.02. The Morgan fingerprint density at radius 2 is 1.88 bits per heavy atom. The van der Waals surface area contributed by atoms with Gasteiger partial charge in [-0.05, 0) is 37.0 Å². The number of nitrogens with one attached hydrogen (secondary N) is 1. The first kappa shape index (κ1) is 23.0. The quantitative estimate of drug-likeness (QED) is 0.564. The number of anilines is 1. The van der Waals surface area contributed by atoms with E-state index < -0.39 is 0 Å². The number of benzene rings is 1. The standard InChI is InChI=1S/C17H27N3O2.2ClH/c1-22-12-2-9-20-10-7-16(8-11-20)19-17(21)13-14-3-5-15(18)6-4-14;;/h3-6,16H,2,7-13,18H2,1H3,(H,19,21);2*1H. The molecule has 0 saturated carbocycles. The monoisotopic (exact) mass is 377 g/mol. The van der Waals surface area contributed by atoms with E-state index >= 15 is 0 Å². The van der Waals surface area contributed by atoms with Gasteiger partial charge in [-0.3, -0.25) is 4.79 Å². The molecule has 1 heterocycles. The maximum atomic E-state index is 12.1. The molecule has 2 rings (SSSR count). The topological polar surface area (TPSA) is 67.6 Å². The Labute approximate surface area is 157 Å². The third kappa shape index (κ3) is 8.20. The molecule has 0 unspecified atom stereocenters. The van der Waals surface area contributed by atoms with E-state index in [1.54, 1.807) is 7.11 Å². The number of nitrogen functional groups attached to an aromatic ring is 1. The average molecular weight is 378 g/mol. The molecule has 138 valence electrons. The minimum absolute atomic E-state index is 0. The predicted molar refractivity (Wildman–Crippen MR) is 103 cm³/mol. The van der Waals surface area contributed by atoms with Crippen molar-refractivity contribution in [2.75, 3.05) is 39.1 Å². The van der Waals surface area contributed by atoms with Gasteiger partial charge in [0.15, 0.2) is 0 Å². The van der Waals surface area contributed by atoms with Crippen molar-refractivity contribution in [1.29, 1.82) is 0 Å². The van der Waals surface area contributed by atoms with Crippen LogP contribution in [0.2, 0.25) is 0 Å². The number of ether oxygens (including phenoxy) is 1. The first-order valence-corrected chi connectivity index (χ1v) is 8.02. The maximum Gasteiger partial charge on any atom is 0.224 e. The molecule has 3 N–H and O–H groups in total. The highest BCUT2D eigenvalue weighted by atomic mass is 35.5. The summed E-state index contributed by atoms with van der Waals surface area (Å²) in [6.07, 6.45) is 3.56. The fourth-order valence-corrected chi connectivity index (χ4v) is 2.83. The van der Waals surface area contributed by atoms with Crippen LogP contribution in [-0.4, -0.2) is 50.2 Å². The summed E-state index contributed by atoms with van der Waals surface area (Å²) in [4.78, 5) is 14.5. The molecule has 7 heteroatoms. The number of amides is 1. The number of hydrogen-bond acceptors (Lipinski definition) is 4. The van der Waals surface area contributed by atoms with Gasteiger partial charge in [-0.1, -0.05) is 12.1 Å². The van der Waals surface area contributed by atoms with Crippen LogP contribution in [0.5, 0.6) is 0 Å². The molecule has 1 aliphatic heterocycles. The average Bonchev–Trinajstić information content (AvgIpc) is 2.51. The lowest BCUT2D eigenvalue weighted by Gasteiger charge is -2.32. The Hall–Kier alpha value is -1.01. The minimum atomic E-state index is 0. The second-order valence-electron chi connectivity index (χ2n) is 5.95. The Bertz CT molecular complexity index is 463. The number of likely N-dealkylation sites (tertiary alicyclic amines) is 1. The molecule has 1 aliphatic rings. The summed E-state index contributed by atoms with van der Waals surface area (Å²) in [5.41, 5.74) is 7.38. The number of carbonyl (C=O) groups is 1. The summed E-state index contributed by atoms with van der Waals surface area (Å²) < 4.78 is 5.08. The SMILES string of the molecule is COCCCN1CCC(NC(=O)Cc2ccc(N)cc2)CC1.Cl.Cl. The molecule has 5 nitrogen and oxygen atoms in total. The van der Waals surface area contributed by atoms with E-state index in [4.69, 9.17) is 10.5 Å². The van der Waals surface area contributed by atoms with Crippen LogP contribution < -0.4 is 11.1 Å². The zero-order chi connectivity index (χ0) is 15.8. The van der Waals surface area contributed by atoms with Crippen LogP contribution in [0, 0.1) is 0 Å². The van der Waals surface area contributed by atoms with Crippen molar-refractivity contribution in [3.63, 3.8) is 0 Å². The highest BCUT2D eigenvalue weighted by Crippen LogP contribution is 2.11. The summed E-state index contributed by atoms with van der Waals surface area (Å²) in [5, 5.41) is 3.15. The van der Waals surface area contributed by atoms with E-state index in [9.17, 15) is 4.79 Å². The van der Waals surface area contributed by atoms with Gasteiger partial charge in [0, 0.05) is 45.1 Å². The number of nitrogens with two attached hydrogens (primary N) is 1. The zero-order valence-corrected chi connectivity index (χ0v) is 15.8. The summed E-state index contributed by atoms with van der Waals surface area (Å²) in [7, 11) is 1.74. The molecule has 0 aromatic heterocycles. The van der Waals surface area contributed by atoms with Crippen molar-refractivity contribution < 1.29 is 9.53 Å². The number of methoxy groups -OCH3 is 1. The molecule has 1 fully saturated rings. The van der Waals surface area contributed by atoms with Crippen LogP contribution in [0.25, 0.3) is 0 Å². The third-order valence-corrected chi connectivity index (χ3v) is 4.12. The zero-order valence-electron chi connectivity index (χ0n) is 14.2. The fourth-order valence-electron chi connectivity index (χ4n) is 2.83. The summed E-state index contributed by atoms with van der Waals surface area (Å²) in [6.45, 7) is 4.01. The van der Waals surface area contributed by atoms with E-state index in [0.29, 0.717) is 12.5 Å². The van der Waals surface area contributed by atoms with Crippen molar-refractivity contribution in [3.8, 4) is 0 Å². The summed E-state index contributed by atoms with van der Waals surface area (Å²) in [6, 6.07) is 7.79. The minimum Gasteiger partial charge on any atom is -0.399 e. The number of piperidine rings is 1. The second kappa shape index (κ2) is 12.4. The van der Waals surface area contributed by atoms with Gasteiger partial charge < -0.3 is 20.7 Å². The number of nitrogens with zero attached hydrogens (tertiary/aromatic N) is 1. The molecule has 1 aromatic carbocycles. The van der Waals surface area contributed by atoms with Crippen molar-refractivity contribution in [2.45, 2.75) is 31.7 Å². The van der Waals surface area contributed by atoms with Crippen LogP contribution >= 0.6 is 24.8 Å². The lowest BCUT2D eigenvalue weighted by Crippen LogP contribution is -2.45. The molecule has 0 bridgehead atoms. The van der Waals surface area contributed by atoms with E-state index in [0.717, 1.165) is 56.8 Å². The summed E-state index contributed by atoms with van der Waals surface area (Å²) in [5.74, 6) is 0.0996. The van der Waals surface area contributed by atoms with E-state index in [1.165, 1.54) is 0 Å². The van der Waals surface area contributed by atoms with Gasteiger partial charge in [-0.25, -0.2) is 0 Å². The van der Waals surface area contributed by atoms with Crippen LogP contribution in [-0.2, 0) is 16.0 Å². The largest absolute Gasteiger partial charge is 0.399 e. The lowest BCUT2D eigenvalue weighted by atomic mass is 10.0. The summed E-state index contributed by atoms with van der Waals surface area (Å²) >= 11 is 0. The van der Waals surface area contributed by atoms with Crippen LogP contribution in [0.15, 0.2) is 24.3 Å². The van der Waals surface area contributed by atoms with Gasteiger partial charge in [0.05, 0.1) is 6.42 Å². The third-order valence-electron chi connectivity index (χ3n) is 4.12. The van der Waals surface area contributed by atoms with Crippen molar-refractivity contribution >= 4 is 36.4 Å². The van der Waals surface area contributed by atoms with Crippen LogP contribution in [0.1, 0.15) is 24.8 Å². The van der Waals surface area contributed by atoms with Crippen LogP contribution in [0.3, 0.4) is 0 Å². The Balaban J connectivity index is 0.00000264. The van der Waals surface area contributed by atoms with E-state index in [-0.39, 0.29) is 30.7 Å². The van der Waals surface area contributed by atoms with Crippen molar-refractivity contribution in [2.24, 2.45) is 0 Å². The smallest absolute Gasteiger partial charge is 0.224 e. The molecule has 0 aliphatic carbocycles. The molecule has 0 radical (unpaired) electrons. The molecular weight excluding hydrogens is 349 g/mol. The molecule has 0 atom stereocenters. The van der Waals surface area contributed by atoms with Gasteiger partial charge in [-0.2, -0.15) is 0 Å². The number of halogens is 2. The van der Waals surface area contributed by atoms with Gasteiger partial charge in [-0.15, -0.1) is 24.8 Å². The first-order chi connectivity index (χ1) is 10.7. The van der Waals surface area contributed by atoms with Gasteiger partial charge in [0.2, 0.25) is 5.91 Å². The predicted octanol–water partition coefficient (Wildman–Crippen LogP) is 2.27. The van der Waals surface area contributed by atoms with Crippen molar-refractivity contribution in [1.82, 2.24) is 10.2 Å². The van der Waals surface area contributed by atoms with Crippen LogP contribution in [0.4, 0.5) is 5.69 Å². The number of hydrogen-bond donors (Lipinski definition) is 2. The molecule has 1 aromatic rings. The Morgan fingerprint density at radius 3 is 2.46 bits per heavy atom. The second-order valence-corrected chi connectivity index (χ2v) is 5.95. The lowest BCUT2D eigenvalue weighted by molar-refractivity contribution is -0.121. The number of carbonyl (C=O) groups excluding carboxylic acids is 1. The van der Waals surface area contributed by atoms with Gasteiger partial charge in [0.1, 0.15) is 0 Å². The van der Waals surface area contributed by atoms with Crippen molar-refractivity contribution in [3.05, 3.63) is 29.8 Å². The maximum absolute atomic E-state index is 12.1. The van der Waals surface area contributed by atoms with E-state index in [2.05, 4.69) is 10.2 Å². The fraction of sp³-hybridized carbons (Fsp3) is 0.588. The van der Waals surface area contributed by atoms with Gasteiger partial charge >= 0.3 is 0 Å². The molecular formula is C17H29Cl2N3O2. The molecule has 24 heavy (non-hydrogen) atoms. The highest BCUT2D eigenvalue weighted by Gasteiger charge is 2.20. The normalized spacial score (nSPS) is 15.2. The molecule has 1 amide bonds. The number of rotatable bonds is 7. The highest BCUT2D eigenvalue weighted by molar-refractivity contribution is 5.85. The van der Waals surface area contributed by atoms with Gasteiger partial charge in [0.25, 0.3) is 0 Å². The Kier molecular flexibility index (Phi) is 11.8. The van der Waals surface area contributed by atoms with E-state index in [1.807, 2.05) is 24.3 Å².